The summed E-state index contributed by atoms with van der Waals surface area (Å²) in [5.74, 6) is -11.2. The molecule has 1 aromatic rings. The fourth-order valence-corrected chi connectivity index (χ4v) is 7.80. The van der Waals surface area contributed by atoms with E-state index in [9.17, 15) is 68.1 Å². The first-order valence-corrected chi connectivity index (χ1v) is 22.3. The van der Waals surface area contributed by atoms with Crippen LogP contribution < -0.4 is 43.4 Å². The molecule has 68 heavy (non-hydrogen) atoms. The number of aliphatic hydroxyl groups excluding tert-OH is 1. The Morgan fingerprint density at radius 1 is 0.706 bits per heavy atom. The number of carbonyl (C=O) groups excluding carboxylic acids is 9. The molecule has 0 spiro atoms. The maximum Gasteiger partial charge on any atom is 0.326 e. The van der Waals surface area contributed by atoms with Crippen LogP contribution in [0, 0.1) is 5.92 Å². The third-order valence-corrected chi connectivity index (χ3v) is 11.8. The predicted molar refractivity (Wildman–Crippen MR) is 237 cm³/mol. The summed E-state index contributed by atoms with van der Waals surface area (Å²) < 4.78 is 0. The molecule has 376 valence electrons. The lowest BCUT2D eigenvalue weighted by Gasteiger charge is -2.31. The molecule has 0 aromatic heterocycles. The smallest absolute Gasteiger partial charge is 0.326 e. The number of carbonyl (C=O) groups is 11. The van der Waals surface area contributed by atoms with Gasteiger partial charge in [0.2, 0.25) is 53.2 Å². The number of aliphatic hydroxyl groups is 1. The Hall–Kier alpha value is -6.89. The molecule has 2 heterocycles. The summed E-state index contributed by atoms with van der Waals surface area (Å²) in [7, 11) is 0. The molecule has 25 nitrogen and oxygen atoms in total. The zero-order valence-corrected chi connectivity index (χ0v) is 38.4. The van der Waals surface area contributed by atoms with Crippen LogP contribution >= 0.6 is 0 Å². The molecule has 9 amide bonds. The van der Waals surface area contributed by atoms with Crippen molar-refractivity contribution in [3.05, 3.63) is 29.8 Å². The topological polar surface area (TPSA) is 399 Å². The van der Waals surface area contributed by atoms with Gasteiger partial charge >= 0.3 is 11.9 Å². The van der Waals surface area contributed by atoms with Gasteiger partial charge in [-0.3, -0.25) is 47.9 Å². The van der Waals surface area contributed by atoms with Crippen molar-refractivity contribution in [1.82, 2.24) is 41.7 Å². The van der Waals surface area contributed by atoms with E-state index in [1.165, 1.54) is 43.0 Å². The van der Waals surface area contributed by atoms with Crippen molar-refractivity contribution in [3.63, 3.8) is 0 Å². The first-order chi connectivity index (χ1) is 32.0. The van der Waals surface area contributed by atoms with Crippen LogP contribution in [0.25, 0.3) is 0 Å². The molecule has 3 rings (SSSR count). The Kier molecular flexibility index (Phi) is 21.1. The lowest BCUT2D eigenvalue weighted by molar-refractivity contribution is -0.145. The molecular weight excluding hydrogens is 897 g/mol. The summed E-state index contributed by atoms with van der Waals surface area (Å²) in [6.45, 7) is 5.62. The van der Waals surface area contributed by atoms with E-state index in [1.807, 2.05) is 0 Å². The molecule has 10 atom stereocenters. The van der Waals surface area contributed by atoms with Crippen molar-refractivity contribution in [3.8, 4) is 5.75 Å². The number of phenols is 1. The Balaban J connectivity index is 1.83. The molecule has 14 N–H and O–H groups in total. The van der Waals surface area contributed by atoms with Crippen LogP contribution in [0.1, 0.15) is 84.6 Å². The Morgan fingerprint density at radius 2 is 1.25 bits per heavy atom. The number of benzene rings is 1. The molecule has 2 aliphatic rings. The largest absolute Gasteiger partial charge is 0.508 e. The molecule has 25 heteroatoms. The van der Waals surface area contributed by atoms with Gasteiger partial charge in [0.25, 0.3) is 0 Å². The van der Waals surface area contributed by atoms with Gasteiger partial charge in [0, 0.05) is 25.9 Å². The number of aliphatic carboxylic acids is 2. The monoisotopic (exact) mass is 960 g/mol. The van der Waals surface area contributed by atoms with E-state index in [2.05, 4.69) is 31.9 Å². The first kappa shape index (κ1) is 55.4. The van der Waals surface area contributed by atoms with E-state index < -0.39 is 151 Å². The average molecular weight is 961 g/mol. The van der Waals surface area contributed by atoms with Crippen LogP contribution in [0.4, 0.5) is 0 Å². The summed E-state index contributed by atoms with van der Waals surface area (Å²) in [4.78, 5) is 146. The number of hydrogen-bond donors (Lipinski definition) is 12. The van der Waals surface area contributed by atoms with Gasteiger partial charge < -0.3 is 73.6 Å². The molecule has 2 aliphatic heterocycles. The van der Waals surface area contributed by atoms with Crippen LogP contribution in [0.5, 0.6) is 5.75 Å². The van der Waals surface area contributed by atoms with Crippen molar-refractivity contribution in [2.24, 2.45) is 17.4 Å². The number of nitrogens with zero attached hydrogens (tertiary/aromatic N) is 2. The number of nitrogens with two attached hydrogens (primary N) is 2. The molecule has 2 saturated heterocycles. The molecule has 0 radical (unpaired) electrons. The van der Waals surface area contributed by atoms with Gasteiger partial charge in [-0.05, 0) is 69.6 Å². The van der Waals surface area contributed by atoms with Gasteiger partial charge in [0.05, 0.1) is 19.1 Å². The molecule has 1 aromatic carbocycles. The van der Waals surface area contributed by atoms with Crippen LogP contribution in [0.2, 0.25) is 0 Å². The summed E-state index contributed by atoms with van der Waals surface area (Å²) >= 11 is 0. The molecule has 10 unspecified atom stereocenters. The lowest BCUT2D eigenvalue weighted by Crippen LogP contribution is -2.61. The normalized spacial score (nSPS) is 19.1. The van der Waals surface area contributed by atoms with E-state index in [4.69, 9.17) is 16.6 Å². The second-order valence-corrected chi connectivity index (χ2v) is 17.0. The number of likely N-dealkylation sites (tertiary alicyclic amines) is 2. The van der Waals surface area contributed by atoms with Crippen LogP contribution in [0.3, 0.4) is 0 Å². The van der Waals surface area contributed by atoms with Crippen molar-refractivity contribution in [2.45, 2.75) is 140 Å². The number of carboxylic acids is 2. The Bertz CT molecular complexity index is 2040. The van der Waals surface area contributed by atoms with Crippen molar-refractivity contribution in [1.29, 1.82) is 0 Å². The maximum atomic E-state index is 14.2. The van der Waals surface area contributed by atoms with Crippen molar-refractivity contribution in [2.75, 3.05) is 19.6 Å². The van der Waals surface area contributed by atoms with Gasteiger partial charge in [-0.15, -0.1) is 0 Å². The minimum Gasteiger partial charge on any atom is -0.508 e. The van der Waals surface area contributed by atoms with Crippen LogP contribution in [0.15, 0.2) is 24.3 Å². The quantitative estimate of drug-likeness (QED) is 0.0445. The van der Waals surface area contributed by atoms with E-state index >= 15 is 0 Å². The van der Waals surface area contributed by atoms with Gasteiger partial charge in [-0.25, -0.2) is 4.79 Å². The number of nitrogens with one attached hydrogen (secondary N) is 6. The van der Waals surface area contributed by atoms with Gasteiger partial charge in [0.1, 0.15) is 54.1 Å². The number of amides is 9. The average Bonchev–Trinajstić information content (AvgIpc) is 3.99. The van der Waals surface area contributed by atoms with Gasteiger partial charge in [-0.1, -0.05) is 32.4 Å². The highest BCUT2D eigenvalue weighted by molar-refractivity contribution is 5.99. The van der Waals surface area contributed by atoms with Crippen LogP contribution in [-0.2, 0) is 59.2 Å². The van der Waals surface area contributed by atoms with Crippen LogP contribution in [-0.4, -0.2) is 169 Å². The second-order valence-electron chi connectivity index (χ2n) is 17.0. The Morgan fingerprint density at radius 3 is 1.75 bits per heavy atom. The second kappa shape index (κ2) is 25.9. The fourth-order valence-electron chi connectivity index (χ4n) is 7.80. The summed E-state index contributed by atoms with van der Waals surface area (Å²) in [5, 5.41) is 53.4. The van der Waals surface area contributed by atoms with E-state index in [1.54, 1.807) is 13.8 Å². The number of primary amides is 1. The van der Waals surface area contributed by atoms with Crippen molar-refractivity contribution < 1.29 is 73.2 Å². The first-order valence-electron chi connectivity index (χ1n) is 22.3. The highest BCUT2D eigenvalue weighted by atomic mass is 16.4. The minimum absolute atomic E-state index is 0.0422. The zero-order chi connectivity index (χ0) is 51.0. The highest BCUT2D eigenvalue weighted by Gasteiger charge is 2.42. The number of hydrogen-bond acceptors (Lipinski definition) is 14. The summed E-state index contributed by atoms with van der Waals surface area (Å²) in [5.41, 5.74) is 11.2. The number of aromatic hydroxyl groups is 1. The highest BCUT2D eigenvalue weighted by Crippen LogP contribution is 2.22. The zero-order valence-electron chi connectivity index (χ0n) is 38.4. The van der Waals surface area contributed by atoms with Gasteiger partial charge in [-0.2, -0.15) is 0 Å². The lowest BCUT2D eigenvalue weighted by atomic mass is 9.96. The molecule has 0 bridgehead atoms. The fraction of sp³-hybridized carbons (Fsp3) is 0.605. The molecule has 2 fully saturated rings. The minimum atomic E-state index is -1.70. The number of rotatable bonds is 25. The SMILES string of the molecule is CCC(C)C(NC(=O)C(Cc1ccc(O)cc1)NC(=O)C(CC(N)=O)NC(=O)C1CCCN1C(=O)C(NC(=O)CN)C(C)O)C(=O)NC(C)C(=O)N1CCCC1C(=O)NC(CCC(=O)O)C(=O)O. The van der Waals surface area contributed by atoms with E-state index in [0.29, 0.717) is 24.8 Å². The third-order valence-electron chi connectivity index (χ3n) is 11.8. The summed E-state index contributed by atoms with van der Waals surface area (Å²) in [6.07, 6.45) is -2.06. The van der Waals surface area contributed by atoms with Gasteiger partial charge in [0.15, 0.2) is 0 Å². The number of carboxylic acid groups (broad SMARTS) is 2. The van der Waals surface area contributed by atoms with E-state index in [-0.39, 0.29) is 38.1 Å². The van der Waals surface area contributed by atoms with E-state index in [0.717, 1.165) is 4.90 Å². The predicted octanol–water partition coefficient (Wildman–Crippen LogP) is -3.94. The molecule has 0 aliphatic carbocycles. The summed E-state index contributed by atoms with van der Waals surface area (Å²) in [6, 6.07) is -5.58. The standard InChI is InChI=1S/C43H64N10O15/c1-5-21(2)34(40(64)46-22(3)41(65)52-16-6-8-29(52)38(62)47-26(43(67)68)14-15-33(58)59)51-37(61)27(18-24-10-12-25(55)13-11-24)48-36(60)28(19-31(45)56)49-39(63)30-9-7-17-53(30)42(66)35(23(4)54)50-32(57)20-44/h10-13,21-23,26-30,34-35,54-55H,5-9,14-20,44H2,1-4H3,(H2,45,56)(H,46,64)(H,47,62)(H,48,60)(H,49,63)(H,50,57)(H,51,61)(H,58,59)(H,67,68). The molecular formula is C43H64N10O15. The molecule has 0 saturated carbocycles. The Labute approximate surface area is 391 Å². The number of phenolic OH excluding ortho intramolecular Hbond substituents is 1. The third kappa shape index (κ3) is 15.9. The maximum absolute atomic E-state index is 14.2. The van der Waals surface area contributed by atoms with Crippen molar-refractivity contribution >= 4 is 65.1 Å².